The Kier molecular flexibility index (Phi) is 5.64. The molecule has 1 aromatic carbocycles. The van der Waals surface area contributed by atoms with Crippen LogP contribution < -0.4 is 5.73 Å². The van der Waals surface area contributed by atoms with E-state index in [9.17, 15) is 0 Å². The minimum atomic E-state index is -0.0909. The maximum atomic E-state index is 6.22. The molecular weight excluding hydrogens is 262 g/mol. The van der Waals surface area contributed by atoms with Crippen molar-refractivity contribution in [2.24, 2.45) is 5.73 Å². The molecule has 0 saturated carbocycles. The summed E-state index contributed by atoms with van der Waals surface area (Å²) in [5.74, 6) is 0. The lowest BCUT2D eigenvalue weighted by molar-refractivity contribution is -0.0778. The van der Waals surface area contributed by atoms with Crippen LogP contribution in [0.15, 0.2) is 24.3 Å². The SMILES string of the molecule is CCC(N)C(OC1CCOCC1)c1cccc(Cl)c1. The Labute approximate surface area is 120 Å². The number of benzene rings is 1. The van der Waals surface area contributed by atoms with Crippen LogP contribution in [0.25, 0.3) is 0 Å². The average molecular weight is 284 g/mol. The normalized spacial score (nSPS) is 20.2. The molecule has 0 aliphatic carbocycles. The fourth-order valence-corrected chi connectivity index (χ4v) is 2.54. The van der Waals surface area contributed by atoms with Crippen LogP contribution in [0.3, 0.4) is 0 Å². The molecule has 1 fully saturated rings. The highest BCUT2D eigenvalue weighted by molar-refractivity contribution is 6.30. The third-order valence-electron chi connectivity index (χ3n) is 3.54. The molecule has 0 aromatic heterocycles. The first-order chi connectivity index (χ1) is 9.20. The maximum absolute atomic E-state index is 6.22. The van der Waals surface area contributed by atoms with Crippen molar-refractivity contribution >= 4 is 11.6 Å². The van der Waals surface area contributed by atoms with E-state index in [-0.39, 0.29) is 18.2 Å². The highest BCUT2D eigenvalue weighted by Gasteiger charge is 2.25. The summed E-state index contributed by atoms with van der Waals surface area (Å²) in [4.78, 5) is 0. The lowest BCUT2D eigenvalue weighted by atomic mass is 10.00. The molecule has 106 valence electrons. The summed E-state index contributed by atoms with van der Waals surface area (Å²) in [6, 6.07) is 7.78. The predicted molar refractivity (Wildman–Crippen MR) is 77.4 cm³/mol. The first-order valence-corrected chi connectivity index (χ1v) is 7.32. The van der Waals surface area contributed by atoms with E-state index in [2.05, 4.69) is 6.92 Å². The van der Waals surface area contributed by atoms with Crippen molar-refractivity contribution in [3.63, 3.8) is 0 Å². The molecule has 0 bridgehead atoms. The molecule has 1 saturated heterocycles. The van der Waals surface area contributed by atoms with Gasteiger partial charge in [-0.15, -0.1) is 0 Å². The van der Waals surface area contributed by atoms with Crippen LogP contribution in [-0.4, -0.2) is 25.4 Å². The van der Waals surface area contributed by atoms with E-state index < -0.39 is 0 Å². The van der Waals surface area contributed by atoms with E-state index in [4.69, 9.17) is 26.8 Å². The van der Waals surface area contributed by atoms with Gasteiger partial charge in [0.1, 0.15) is 0 Å². The van der Waals surface area contributed by atoms with Gasteiger partial charge >= 0.3 is 0 Å². The molecule has 0 amide bonds. The molecule has 1 heterocycles. The van der Waals surface area contributed by atoms with Crippen LogP contribution in [0.5, 0.6) is 0 Å². The minimum absolute atomic E-state index is 0.0127. The van der Waals surface area contributed by atoms with E-state index >= 15 is 0 Å². The van der Waals surface area contributed by atoms with Crippen molar-refractivity contribution in [2.75, 3.05) is 13.2 Å². The van der Waals surface area contributed by atoms with Gasteiger partial charge in [0.25, 0.3) is 0 Å². The molecule has 2 rings (SSSR count). The Hall–Kier alpha value is -0.610. The first kappa shape index (κ1) is 14.8. The lowest BCUT2D eigenvalue weighted by Crippen LogP contribution is -2.34. The summed E-state index contributed by atoms with van der Waals surface area (Å²) >= 11 is 6.06. The number of nitrogens with two attached hydrogens (primary N) is 1. The van der Waals surface area contributed by atoms with Crippen molar-refractivity contribution < 1.29 is 9.47 Å². The van der Waals surface area contributed by atoms with Crippen molar-refractivity contribution in [2.45, 2.75) is 44.4 Å². The Morgan fingerprint density at radius 2 is 2.16 bits per heavy atom. The molecule has 0 radical (unpaired) electrons. The molecule has 0 spiro atoms. The van der Waals surface area contributed by atoms with E-state index in [0.29, 0.717) is 0 Å². The number of halogens is 1. The smallest absolute Gasteiger partial charge is 0.0979 e. The number of ether oxygens (including phenoxy) is 2. The second-order valence-corrected chi connectivity index (χ2v) is 5.43. The van der Waals surface area contributed by atoms with Gasteiger partial charge in [0.2, 0.25) is 0 Å². The van der Waals surface area contributed by atoms with Crippen LogP contribution >= 0.6 is 11.6 Å². The average Bonchev–Trinajstić information content (AvgIpc) is 2.45. The monoisotopic (exact) mass is 283 g/mol. The highest BCUT2D eigenvalue weighted by atomic mass is 35.5. The second kappa shape index (κ2) is 7.25. The van der Waals surface area contributed by atoms with Gasteiger partial charge in [-0.3, -0.25) is 0 Å². The predicted octanol–water partition coefficient (Wildman–Crippen LogP) is 3.31. The van der Waals surface area contributed by atoms with E-state index in [0.717, 1.165) is 43.1 Å². The van der Waals surface area contributed by atoms with Gasteiger partial charge in [-0.1, -0.05) is 30.7 Å². The standard InChI is InChI=1S/C15H22ClNO2/c1-2-14(17)15(11-4-3-5-12(16)10-11)19-13-6-8-18-9-7-13/h3-5,10,13-15H,2,6-9,17H2,1H3. The van der Waals surface area contributed by atoms with E-state index in [1.165, 1.54) is 0 Å². The molecule has 3 nitrogen and oxygen atoms in total. The van der Waals surface area contributed by atoms with Crippen molar-refractivity contribution in [1.82, 2.24) is 0 Å². The van der Waals surface area contributed by atoms with Gasteiger partial charge in [0, 0.05) is 24.3 Å². The van der Waals surface area contributed by atoms with Gasteiger partial charge in [0.15, 0.2) is 0 Å². The van der Waals surface area contributed by atoms with Gasteiger partial charge in [-0.25, -0.2) is 0 Å². The number of rotatable bonds is 5. The molecule has 2 N–H and O–H groups in total. The molecule has 2 atom stereocenters. The molecule has 19 heavy (non-hydrogen) atoms. The summed E-state index contributed by atoms with van der Waals surface area (Å²) in [5, 5.41) is 0.724. The van der Waals surface area contributed by atoms with E-state index in [1.807, 2.05) is 24.3 Å². The van der Waals surface area contributed by atoms with Gasteiger partial charge in [-0.05, 0) is 37.0 Å². The van der Waals surface area contributed by atoms with Crippen LogP contribution in [-0.2, 0) is 9.47 Å². The quantitative estimate of drug-likeness (QED) is 0.902. The Balaban J connectivity index is 2.11. The molecule has 2 unspecified atom stereocenters. The second-order valence-electron chi connectivity index (χ2n) is 5.00. The Morgan fingerprint density at radius 3 is 2.79 bits per heavy atom. The lowest BCUT2D eigenvalue weighted by Gasteiger charge is -2.31. The number of hydrogen-bond acceptors (Lipinski definition) is 3. The highest BCUT2D eigenvalue weighted by Crippen LogP contribution is 2.28. The molecule has 1 aliphatic heterocycles. The molecule has 1 aromatic rings. The zero-order valence-corrected chi connectivity index (χ0v) is 12.1. The molecular formula is C15H22ClNO2. The van der Waals surface area contributed by atoms with Crippen LogP contribution in [0.1, 0.15) is 37.9 Å². The van der Waals surface area contributed by atoms with Crippen LogP contribution in [0.4, 0.5) is 0 Å². The van der Waals surface area contributed by atoms with Crippen molar-refractivity contribution in [1.29, 1.82) is 0 Å². The van der Waals surface area contributed by atoms with Crippen LogP contribution in [0.2, 0.25) is 5.02 Å². The third kappa shape index (κ3) is 4.18. The van der Waals surface area contributed by atoms with Gasteiger partial charge in [0.05, 0.1) is 12.2 Å². The summed E-state index contributed by atoms with van der Waals surface area (Å²) in [7, 11) is 0. The summed E-state index contributed by atoms with van der Waals surface area (Å²) in [6.07, 6.45) is 2.89. The summed E-state index contributed by atoms with van der Waals surface area (Å²) in [5.41, 5.74) is 7.28. The summed E-state index contributed by atoms with van der Waals surface area (Å²) in [6.45, 7) is 3.62. The fraction of sp³-hybridized carbons (Fsp3) is 0.600. The van der Waals surface area contributed by atoms with Gasteiger partial charge in [-0.2, -0.15) is 0 Å². The maximum Gasteiger partial charge on any atom is 0.0979 e. The van der Waals surface area contributed by atoms with Gasteiger partial charge < -0.3 is 15.2 Å². The molecule has 1 aliphatic rings. The Bertz CT molecular complexity index is 393. The van der Waals surface area contributed by atoms with E-state index in [1.54, 1.807) is 0 Å². The fourth-order valence-electron chi connectivity index (χ4n) is 2.34. The molecule has 4 heteroatoms. The van der Waals surface area contributed by atoms with Crippen molar-refractivity contribution in [3.05, 3.63) is 34.9 Å². The van der Waals surface area contributed by atoms with Crippen LogP contribution in [0, 0.1) is 0 Å². The van der Waals surface area contributed by atoms with Crippen molar-refractivity contribution in [3.8, 4) is 0 Å². The Morgan fingerprint density at radius 1 is 1.42 bits per heavy atom. The first-order valence-electron chi connectivity index (χ1n) is 6.95. The largest absolute Gasteiger partial charge is 0.381 e. The minimum Gasteiger partial charge on any atom is -0.381 e. The topological polar surface area (TPSA) is 44.5 Å². The summed E-state index contributed by atoms with van der Waals surface area (Å²) < 4.78 is 11.6. The zero-order valence-electron chi connectivity index (χ0n) is 11.3. The third-order valence-corrected chi connectivity index (χ3v) is 3.78. The number of hydrogen-bond donors (Lipinski definition) is 1. The zero-order chi connectivity index (χ0) is 13.7.